The average molecular weight is 271 g/mol. The van der Waals surface area contributed by atoms with Crippen LogP contribution < -0.4 is 10.6 Å². The van der Waals surface area contributed by atoms with Gasteiger partial charge in [-0.05, 0) is 26.3 Å². The summed E-state index contributed by atoms with van der Waals surface area (Å²) in [6.07, 6.45) is 2.43. The highest BCUT2D eigenvalue weighted by Gasteiger charge is 2.11. The number of hydrogen-bond donors (Lipinski definition) is 2. The van der Waals surface area contributed by atoms with Gasteiger partial charge in [-0.15, -0.1) is 19.0 Å². The third-order valence-electron chi connectivity index (χ3n) is 2.96. The van der Waals surface area contributed by atoms with Gasteiger partial charge in [0.05, 0.1) is 0 Å². The number of rotatable bonds is 6. The van der Waals surface area contributed by atoms with E-state index in [0.717, 1.165) is 24.3 Å². The van der Waals surface area contributed by atoms with Gasteiger partial charge in [0.2, 0.25) is 0 Å². The fourth-order valence-electron chi connectivity index (χ4n) is 1.94. The molecule has 4 heteroatoms. The first kappa shape index (κ1) is 16.8. The Bertz CT molecular complexity index is 378. The molecule has 1 aromatic rings. The van der Waals surface area contributed by atoms with Gasteiger partial charge >= 0.3 is 0 Å². The zero-order valence-electron chi connectivity index (χ0n) is 11.1. The van der Waals surface area contributed by atoms with E-state index in [1.807, 2.05) is 12.1 Å². The molecule has 102 valence electrons. The number of nitrogens with two attached hydrogens (primary N) is 1. The van der Waals surface area contributed by atoms with Crippen molar-refractivity contribution in [2.24, 2.45) is 5.73 Å². The molecule has 0 bridgehead atoms. The molecule has 0 aromatic heterocycles. The van der Waals surface area contributed by atoms with Crippen LogP contribution >= 0.6 is 12.4 Å². The Morgan fingerprint density at radius 1 is 1.39 bits per heavy atom. The minimum absolute atomic E-state index is 0. The Labute approximate surface area is 116 Å². The highest BCUT2D eigenvalue weighted by molar-refractivity contribution is 5.85. The lowest BCUT2D eigenvalue weighted by atomic mass is 10.0. The Morgan fingerprint density at radius 2 is 2.00 bits per heavy atom. The van der Waals surface area contributed by atoms with Crippen molar-refractivity contribution in [1.29, 1.82) is 0 Å². The molecule has 0 radical (unpaired) electrons. The molecule has 0 saturated carbocycles. The third-order valence-corrected chi connectivity index (χ3v) is 2.96. The number of phenols is 1. The molecular weight excluding hydrogens is 248 g/mol. The molecule has 1 aromatic carbocycles. The van der Waals surface area contributed by atoms with Gasteiger partial charge in [0.15, 0.2) is 0 Å². The Kier molecular flexibility index (Phi) is 7.48. The lowest BCUT2D eigenvalue weighted by Crippen LogP contribution is -2.21. The summed E-state index contributed by atoms with van der Waals surface area (Å²) >= 11 is 0. The number of nitrogens with zero attached hydrogens (tertiary/aromatic N) is 1. The van der Waals surface area contributed by atoms with Crippen LogP contribution in [-0.2, 0) is 0 Å². The molecule has 3 N–H and O–H groups in total. The average Bonchev–Trinajstić information content (AvgIpc) is 2.31. The van der Waals surface area contributed by atoms with Crippen molar-refractivity contribution in [3.8, 4) is 5.75 Å². The second-order valence-electron chi connectivity index (χ2n) is 4.05. The number of phenolic OH excluding ortho intramolecular Hbond substituents is 1. The van der Waals surface area contributed by atoms with Gasteiger partial charge in [-0.3, -0.25) is 0 Å². The van der Waals surface area contributed by atoms with Crippen molar-refractivity contribution in [3.63, 3.8) is 0 Å². The van der Waals surface area contributed by atoms with Crippen LogP contribution in [0.5, 0.6) is 5.75 Å². The molecule has 0 aliphatic carbocycles. The van der Waals surface area contributed by atoms with Crippen LogP contribution in [0.3, 0.4) is 0 Å². The molecule has 3 nitrogen and oxygen atoms in total. The van der Waals surface area contributed by atoms with E-state index in [-0.39, 0.29) is 24.2 Å². The highest BCUT2D eigenvalue weighted by atomic mass is 35.5. The van der Waals surface area contributed by atoms with Crippen LogP contribution in [0.4, 0.5) is 5.69 Å². The summed E-state index contributed by atoms with van der Waals surface area (Å²) in [6.45, 7) is 9.70. The first-order chi connectivity index (χ1) is 8.13. The standard InChI is InChI=1S/C14H22N2O.ClH/c1-4-7-13(15)12-9-8-11(10-14(12)17)16(5-2)6-3;/h4,8-10,13,17H,1,5-7,15H2,2-3H3;1H/t13-;/m1./s1. The lowest BCUT2D eigenvalue weighted by Gasteiger charge is -2.22. The Balaban J connectivity index is 0.00000289. The molecule has 0 heterocycles. The summed E-state index contributed by atoms with van der Waals surface area (Å²) in [4.78, 5) is 2.18. The van der Waals surface area contributed by atoms with Gasteiger partial charge in [0, 0.05) is 36.4 Å². The van der Waals surface area contributed by atoms with Crippen LogP contribution in [0, 0.1) is 0 Å². The molecule has 0 unspecified atom stereocenters. The van der Waals surface area contributed by atoms with Crippen molar-refractivity contribution in [3.05, 3.63) is 36.4 Å². The van der Waals surface area contributed by atoms with Crippen molar-refractivity contribution in [2.75, 3.05) is 18.0 Å². The van der Waals surface area contributed by atoms with Gasteiger partial charge in [-0.2, -0.15) is 0 Å². The zero-order chi connectivity index (χ0) is 12.8. The zero-order valence-corrected chi connectivity index (χ0v) is 11.9. The maximum atomic E-state index is 9.99. The monoisotopic (exact) mass is 270 g/mol. The van der Waals surface area contributed by atoms with E-state index < -0.39 is 0 Å². The van der Waals surface area contributed by atoms with Crippen LogP contribution in [0.2, 0.25) is 0 Å². The number of benzene rings is 1. The van der Waals surface area contributed by atoms with E-state index in [9.17, 15) is 5.11 Å². The van der Waals surface area contributed by atoms with Gasteiger partial charge in [-0.1, -0.05) is 12.1 Å². The topological polar surface area (TPSA) is 49.5 Å². The Morgan fingerprint density at radius 3 is 2.44 bits per heavy atom. The van der Waals surface area contributed by atoms with Crippen molar-refractivity contribution in [2.45, 2.75) is 26.3 Å². The van der Waals surface area contributed by atoms with Crippen LogP contribution in [0.1, 0.15) is 31.9 Å². The normalized spacial score (nSPS) is 11.5. The minimum Gasteiger partial charge on any atom is -0.508 e. The summed E-state index contributed by atoms with van der Waals surface area (Å²) in [5.41, 5.74) is 7.76. The van der Waals surface area contributed by atoms with Gasteiger partial charge < -0.3 is 15.7 Å². The molecule has 0 aliphatic heterocycles. The van der Waals surface area contributed by atoms with Crippen LogP contribution in [0.25, 0.3) is 0 Å². The molecule has 0 spiro atoms. The first-order valence-electron chi connectivity index (χ1n) is 6.08. The molecule has 0 aliphatic rings. The molecule has 1 rings (SSSR count). The summed E-state index contributed by atoms with van der Waals surface area (Å²) in [5.74, 6) is 0.267. The SMILES string of the molecule is C=CC[C@@H](N)c1ccc(N(CC)CC)cc1O.Cl. The molecule has 0 fully saturated rings. The van der Waals surface area contributed by atoms with Crippen molar-refractivity contribution < 1.29 is 5.11 Å². The minimum atomic E-state index is -0.182. The summed E-state index contributed by atoms with van der Waals surface area (Å²) in [5, 5.41) is 9.99. The number of anilines is 1. The molecule has 1 atom stereocenters. The number of hydrogen-bond acceptors (Lipinski definition) is 3. The number of aromatic hydroxyl groups is 1. The smallest absolute Gasteiger partial charge is 0.122 e. The van der Waals surface area contributed by atoms with Crippen molar-refractivity contribution >= 4 is 18.1 Å². The first-order valence-corrected chi connectivity index (χ1v) is 6.08. The molecular formula is C14H23ClN2O. The fourth-order valence-corrected chi connectivity index (χ4v) is 1.94. The largest absolute Gasteiger partial charge is 0.508 e. The summed E-state index contributed by atoms with van der Waals surface area (Å²) < 4.78 is 0. The molecule has 0 amide bonds. The van der Waals surface area contributed by atoms with E-state index in [4.69, 9.17) is 5.73 Å². The van der Waals surface area contributed by atoms with Gasteiger partial charge in [0.1, 0.15) is 5.75 Å². The summed E-state index contributed by atoms with van der Waals surface area (Å²) in [7, 11) is 0. The molecule has 18 heavy (non-hydrogen) atoms. The van der Waals surface area contributed by atoms with Crippen molar-refractivity contribution in [1.82, 2.24) is 0 Å². The predicted molar refractivity (Wildman–Crippen MR) is 80.7 cm³/mol. The van der Waals surface area contributed by atoms with E-state index >= 15 is 0 Å². The van der Waals surface area contributed by atoms with Gasteiger partial charge in [0.25, 0.3) is 0 Å². The quantitative estimate of drug-likeness (QED) is 0.781. The lowest BCUT2D eigenvalue weighted by molar-refractivity contribution is 0.461. The van der Waals surface area contributed by atoms with E-state index in [2.05, 4.69) is 25.3 Å². The van der Waals surface area contributed by atoms with Crippen LogP contribution in [-0.4, -0.2) is 18.2 Å². The fraction of sp³-hybridized carbons (Fsp3) is 0.429. The second kappa shape index (κ2) is 8.01. The van der Waals surface area contributed by atoms with Crippen LogP contribution in [0.15, 0.2) is 30.9 Å². The van der Waals surface area contributed by atoms with E-state index in [1.165, 1.54) is 0 Å². The van der Waals surface area contributed by atoms with E-state index in [0.29, 0.717) is 6.42 Å². The summed E-state index contributed by atoms with van der Waals surface area (Å²) in [6, 6.07) is 5.51. The second-order valence-corrected chi connectivity index (χ2v) is 4.05. The maximum Gasteiger partial charge on any atom is 0.122 e. The third kappa shape index (κ3) is 3.93. The predicted octanol–water partition coefficient (Wildman–Crippen LogP) is 3.24. The van der Waals surface area contributed by atoms with E-state index in [1.54, 1.807) is 12.1 Å². The number of halogens is 1. The van der Waals surface area contributed by atoms with Gasteiger partial charge in [-0.25, -0.2) is 0 Å². The highest BCUT2D eigenvalue weighted by Crippen LogP contribution is 2.29. The maximum absolute atomic E-state index is 9.99. The Hall–Kier alpha value is -1.19. The molecule has 0 saturated heterocycles.